The Morgan fingerprint density at radius 1 is 1.08 bits per heavy atom. The molecule has 0 radical (unpaired) electrons. The van der Waals surface area contributed by atoms with E-state index in [4.69, 9.17) is 14.2 Å². The maximum atomic E-state index is 12.6. The second-order valence-electron chi connectivity index (χ2n) is 6.87. The summed E-state index contributed by atoms with van der Waals surface area (Å²) in [5.74, 6) is -0.418. The fourth-order valence-corrected chi connectivity index (χ4v) is 2.85. The van der Waals surface area contributed by atoms with Crippen LogP contribution >= 0.6 is 0 Å². The molecule has 132 valence electrons. The summed E-state index contributed by atoms with van der Waals surface area (Å²) in [6.45, 7) is 5.48. The third-order valence-electron chi connectivity index (χ3n) is 3.94. The van der Waals surface area contributed by atoms with Crippen molar-refractivity contribution in [3.05, 3.63) is 29.8 Å². The Morgan fingerprint density at radius 3 is 2.21 bits per heavy atom. The van der Waals surface area contributed by atoms with E-state index >= 15 is 0 Å². The molecule has 1 heterocycles. The number of ether oxygens (including phenoxy) is 3. The zero-order chi connectivity index (χ0) is 17.9. The predicted molar refractivity (Wildman–Crippen MR) is 88.6 cm³/mol. The molecule has 0 aliphatic carbocycles. The monoisotopic (exact) mass is 335 g/mol. The molecule has 0 amide bonds. The highest BCUT2D eigenvalue weighted by Gasteiger charge is 2.44. The normalized spacial score (nSPS) is 23.6. The summed E-state index contributed by atoms with van der Waals surface area (Å²) in [4.78, 5) is 24.5. The van der Waals surface area contributed by atoms with Gasteiger partial charge in [0.1, 0.15) is 17.4 Å². The van der Waals surface area contributed by atoms with Gasteiger partial charge in [-0.2, -0.15) is 0 Å². The highest BCUT2D eigenvalue weighted by Crippen LogP contribution is 2.35. The number of hydrogen-bond donors (Lipinski definition) is 1. The third-order valence-corrected chi connectivity index (χ3v) is 3.94. The summed E-state index contributed by atoms with van der Waals surface area (Å²) in [6, 6.07) is 6.58. The van der Waals surface area contributed by atoms with Crippen LogP contribution in [0, 0.1) is 5.92 Å². The summed E-state index contributed by atoms with van der Waals surface area (Å²) in [5.41, 5.74) is 0.323. The van der Waals surface area contributed by atoms with E-state index < -0.39 is 17.6 Å². The van der Waals surface area contributed by atoms with Crippen molar-refractivity contribution in [1.29, 1.82) is 0 Å². The highest BCUT2D eigenvalue weighted by atomic mass is 16.6. The van der Waals surface area contributed by atoms with Gasteiger partial charge in [0.25, 0.3) is 0 Å². The first-order chi connectivity index (χ1) is 11.2. The van der Waals surface area contributed by atoms with Crippen LogP contribution in [-0.2, 0) is 19.1 Å². The van der Waals surface area contributed by atoms with Gasteiger partial charge in [-0.15, -0.1) is 0 Å². The Labute approximate surface area is 142 Å². The molecule has 6 nitrogen and oxygen atoms in total. The minimum absolute atomic E-state index is 0.310. The van der Waals surface area contributed by atoms with E-state index in [-0.39, 0.29) is 18.0 Å². The van der Waals surface area contributed by atoms with Crippen LogP contribution < -0.4 is 10.1 Å². The Balaban J connectivity index is 2.25. The van der Waals surface area contributed by atoms with Crippen LogP contribution in [-0.4, -0.2) is 37.8 Å². The van der Waals surface area contributed by atoms with Crippen LogP contribution in [0.15, 0.2) is 24.3 Å². The van der Waals surface area contributed by atoms with Gasteiger partial charge in [-0.25, -0.2) is 0 Å². The van der Waals surface area contributed by atoms with Crippen LogP contribution in [0.2, 0.25) is 0 Å². The van der Waals surface area contributed by atoms with Crippen LogP contribution in [0.3, 0.4) is 0 Å². The number of carbonyl (C=O) groups is 2. The maximum Gasteiger partial charge on any atom is 0.322 e. The third kappa shape index (κ3) is 4.26. The molecular formula is C18H25NO5. The largest absolute Gasteiger partial charge is 0.497 e. The van der Waals surface area contributed by atoms with E-state index in [1.54, 1.807) is 7.11 Å². The first-order valence-electron chi connectivity index (χ1n) is 7.96. The molecule has 1 saturated heterocycles. The molecule has 3 atom stereocenters. The fourth-order valence-electron chi connectivity index (χ4n) is 2.85. The molecule has 0 aromatic heterocycles. The highest BCUT2D eigenvalue weighted by molar-refractivity contribution is 5.80. The van der Waals surface area contributed by atoms with Gasteiger partial charge >= 0.3 is 11.9 Å². The molecule has 0 bridgehead atoms. The van der Waals surface area contributed by atoms with Crippen molar-refractivity contribution in [2.24, 2.45) is 5.92 Å². The Bertz CT molecular complexity index is 590. The lowest BCUT2D eigenvalue weighted by molar-refractivity contribution is -0.160. The SMILES string of the molecule is COC(=O)[C@@H]1C[C@H](C(=O)OC(C)(C)C)[C@@H](c2ccc(OC)cc2)N1. The van der Waals surface area contributed by atoms with E-state index in [0.717, 1.165) is 11.3 Å². The zero-order valence-corrected chi connectivity index (χ0v) is 14.8. The molecule has 0 spiro atoms. The van der Waals surface area contributed by atoms with Gasteiger partial charge in [0.2, 0.25) is 0 Å². The summed E-state index contributed by atoms with van der Waals surface area (Å²) in [5, 5.41) is 3.20. The first kappa shape index (κ1) is 18.3. The fraction of sp³-hybridized carbons (Fsp3) is 0.556. The van der Waals surface area contributed by atoms with Crippen molar-refractivity contribution in [3.8, 4) is 5.75 Å². The molecule has 1 N–H and O–H groups in total. The Hall–Kier alpha value is -2.08. The summed E-state index contributed by atoms with van der Waals surface area (Å²) >= 11 is 0. The maximum absolute atomic E-state index is 12.6. The van der Waals surface area contributed by atoms with Gasteiger partial charge in [-0.1, -0.05) is 12.1 Å². The molecule has 24 heavy (non-hydrogen) atoms. The molecule has 1 aromatic rings. The van der Waals surface area contributed by atoms with Crippen LogP contribution in [0.25, 0.3) is 0 Å². The number of esters is 2. The van der Waals surface area contributed by atoms with E-state index in [1.807, 2.05) is 45.0 Å². The molecule has 1 aliphatic heterocycles. The van der Waals surface area contributed by atoms with Crippen LogP contribution in [0.5, 0.6) is 5.75 Å². The van der Waals surface area contributed by atoms with E-state index in [1.165, 1.54) is 7.11 Å². The number of methoxy groups -OCH3 is 2. The number of rotatable bonds is 4. The van der Waals surface area contributed by atoms with Crippen LogP contribution in [0.1, 0.15) is 38.8 Å². The van der Waals surface area contributed by atoms with E-state index in [9.17, 15) is 9.59 Å². The molecule has 2 rings (SSSR count). The van der Waals surface area contributed by atoms with Crippen molar-refractivity contribution in [1.82, 2.24) is 5.32 Å². The quantitative estimate of drug-likeness (QED) is 0.851. The summed E-state index contributed by atoms with van der Waals surface area (Å²) in [6.07, 6.45) is 0.346. The molecule has 0 unspecified atom stereocenters. The van der Waals surface area contributed by atoms with Crippen molar-refractivity contribution in [2.75, 3.05) is 14.2 Å². The molecule has 1 aliphatic rings. The average molecular weight is 335 g/mol. The lowest BCUT2D eigenvalue weighted by atomic mass is 9.93. The minimum atomic E-state index is -0.578. The van der Waals surface area contributed by atoms with Gasteiger partial charge in [0, 0.05) is 6.04 Å². The van der Waals surface area contributed by atoms with Crippen molar-refractivity contribution in [3.63, 3.8) is 0 Å². The smallest absolute Gasteiger partial charge is 0.322 e. The van der Waals surface area contributed by atoms with Gasteiger partial charge in [-0.05, 0) is 44.9 Å². The van der Waals surface area contributed by atoms with Gasteiger partial charge in [0.05, 0.1) is 20.1 Å². The standard InChI is InChI=1S/C18H25NO5/c1-18(2,3)24-16(20)13-10-14(17(21)23-5)19-15(13)11-6-8-12(22-4)9-7-11/h6-9,13-15,19H,10H2,1-5H3/t13-,14-,15+/m0/s1. The second kappa shape index (κ2) is 7.21. The molecule has 6 heteroatoms. The molecular weight excluding hydrogens is 310 g/mol. The molecule has 1 aromatic carbocycles. The van der Waals surface area contributed by atoms with Gasteiger partial charge in [-0.3, -0.25) is 14.9 Å². The summed E-state index contributed by atoms with van der Waals surface area (Å²) < 4.78 is 15.5. The second-order valence-corrected chi connectivity index (χ2v) is 6.87. The Kier molecular flexibility index (Phi) is 5.49. The first-order valence-corrected chi connectivity index (χ1v) is 7.96. The Morgan fingerprint density at radius 2 is 1.71 bits per heavy atom. The molecule has 1 fully saturated rings. The van der Waals surface area contributed by atoms with Crippen molar-refractivity contribution in [2.45, 2.75) is 44.9 Å². The number of benzene rings is 1. The average Bonchev–Trinajstić information content (AvgIpc) is 2.98. The zero-order valence-electron chi connectivity index (χ0n) is 14.8. The molecule has 0 saturated carbocycles. The number of carbonyl (C=O) groups excluding carboxylic acids is 2. The van der Waals surface area contributed by atoms with Gasteiger partial charge in [0.15, 0.2) is 0 Å². The number of hydrogen-bond acceptors (Lipinski definition) is 6. The minimum Gasteiger partial charge on any atom is -0.497 e. The van der Waals surface area contributed by atoms with Crippen molar-refractivity contribution >= 4 is 11.9 Å². The summed E-state index contributed by atoms with van der Waals surface area (Å²) in [7, 11) is 2.94. The predicted octanol–water partition coefficient (Wildman–Crippen LogP) is 2.23. The number of nitrogens with one attached hydrogen (secondary N) is 1. The lowest BCUT2D eigenvalue weighted by Gasteiger charge is -2.25. The lowest BCUT2D eigenvalue weighted by Crippen LogP contribution is -2.33. The topological polar surface area (TPSA) is 73.9 Å². The van der Waals surface area contributed by atoms with E-state index in [2.05, 4.69) is 5.32 Å². The van der Waals surface area contributed by atoms with Crippen molar-refractivity contribution < 1.29 is 23.8 Å². The van der Waals surface area contributed by atoms with Crippen LogP contribution in [0.4, 0.5) is 0 Å². The van der Waals surface area contributed by atoms with E-state index in [0.29, 0.717) is 6.42 Å². The van der Waals surface area contributed by atoms with Gasteiger partial charge < -0.3 is 14.2 Å².